The van der Waals surface area contributed by atoms with Gasteiger partial charge in [-0.25, -0.2) is 0 Å². The van der Waals surface area contributed by atoms with Crippen LogP contribution in [0.1, 0.15) is 17.7 Å². The van der Waals surface area contributed by atoms with Crippen molar-refractivity contribution in [3.63, 3.8) is 0 Å². The zero-order valence-corrected chi connectivity index (χ0v) is 13.2. The average Bonchev–Trinajstić information content (AvgIpc) is 2.96. The minimum Gasteiger partial charge on any atom is -0.370 e. The molecule has 8 heteroatoms. The Morgan fingerprint density at radius 3 is 2.68 bits per heavy atom. The van der Waals surface area contributed by atoms with E-state index in [1.807, 2.05) is 30.3 Å². The van der Waals surface area contributed by atoms with Gasteiger partial charge in [0.15, 0.2) is 0 Å². The normalized spacial score (nSPS) is 11.7. The highest BCUT2D eigenvalue weighted by molar-refractivity contribution is 7.86. The van der Waals surface area contributed by atoms with Crippen LogP contribution in [0.2, 0.25) is 0 Å². The lowest BCUT2D eigenvalue weighted by molar-refractivity contribution is 0.104. The average molecular weight is 325 g/mol. The van der Waals surface area contributed by atoms with Gasteiger partial charge in [0.25, 0.3) is 10.1 Å². The van der Waals surface area contributed by atoms with Crippen molar-refractivity contribution in [2.75, 3.05) is 12.9 Å². The highest BCUT2D eigenvalue weighted by Gasteiger charge is 2.08. The summed E-state index contributed by atoms with van der Waals surface area (Å²) in [4.78, 5) is 0. The molecular formula is C14H19N3O4S. The number of nitrogens with zero attached hydrogens (tertiary/aromatic N) is 3. The van der Waals surface area contributed by atoms with Gasteiger partial charge in [0.2, 0.25) is 0 Å². The molecule has 0 bridgehead atoms. The molecule has 0 saturated carbocycles. The van der Waals surface area contributed by atoms with Crippen LogP contribution in [-0.2, 0) is 38.8 Å². The summed E-state index contributed by atoms with van der Waals surface area (Å²) in [6, 6.07) is 9.87. The van der Waals surface area contributed by atoms with Gasteiger partial charge >= 0.3 is 0 Å². The molecule has 1 aromatic carbocycles. The Hall–Kier alpha value is -1.77. The predicted octanol–water partition coefficient (Wildman–Crippen LogP) is 1.36. The number of rotatable bonds is 9. The summed E-state index contributed by atoms with van der Waals surface area (Å²) in [5.41, 5.74) is 1.81. The maximum absolute atomic E-state index is 11.2. The largest absolute Gasteiger partial charge is 0.370 e. The maximum Gasteiger partial charge on any atom is 0.267 e. The van der Waals surface area contributed by atoms with E-state index in [1.54, 1.807) is 10.9 Å². The molecule has 0 N–H and O–H groups in total. The van der Waals surface area contributed by atoms with Crippen LogP contribution in [0.3, 0.4) is 0 Å². The van der Waals surface area contributed by atoms with E-state index >= 15 is 0 Å². The summed E-state index contributed by atoms with van der Waals surface area (Å²) < 4.78 is 33.9. The Kier molecular flexibility index (Phi) is 6.05. The molecule has 120 valence electrons. The molecule has 0 unspecified atom stereocenters. The molecule has 0 aliphatic rings. The van der Waals surface area contributed by atoms with Crippen molar-refractivity contribution in [2.45, 2.75) is 26.2 Å². The number of aryl methyl sites for hydroxylation is 1. The smallest absolute Gasteiger partial charge is 0.267 e. The van der Waals surface area contributed by atoms with E-state index in [-0.39, 0.29) is 5.75 Å². The molecule has 0 aliphatic carbocycles. The summed E-state index contributed by atoms with van der Waals surface area (Å²) in [6.45, 7) is 1.35. The molecule has 0 saturated heterocycles. The molecule has 2 aromatic rings. The first-order valence-corrected chi connectivity index (χ1v) is 8.46. The third-order valence-electron chi connectivity index (χ3n) is 2.98. The summed E-state index contributed by atoms with van der Waals surface area (Å²) in [6.07, 6.45) is 2.17. The third kappa shape index (κ3) is 5.55. The molecular weight excluding hydrogens is 306 g/mol. The third-order valence-corrected chi connectivity index (χ3v) is 4.28. The van der Waals surface area contributed by atoms with Crippen molar-refractivity contribution in [2.24, 2.45) is 0 Å². The molecule has 0 spiro atoms. The number of hydrogen-bond donors (Lipinski definition) is 0. The van der Waals surface area contributed by atoms with Gasteiger partial charge in [0, 0.05) is 6.54 Å². The van der Waals surface area contributed by atoms with Crippen LogP contribution in [0, 0.1) is 0 Å². The molecule has 0 fully saturated rings. The quantitative estimate of drug-likeness (QED) is 0.647. The van der Waals surface area contributed by atoms with Crippen molar-refractivity contribution < 1.29 is 17.3 Å². The molecule has 1 aromatic heterocycles. The van der Waals surface area contributed by atoms with Gasteiger partial charge in [0.05, 0.1) is 32.3 Å². The van der Waals surface area contributed by atoms with Crippen molar-refractivity contribution in [1.29, 1.82) is 0 Å². The molecule has 22 heavy (non-hydrogen) atoms. The molecule has 1 heterocycles. The SMILES string of the molecule is COS(=O)(=O)CCCn1cc(COCc2ccccc2)nn1. The fourth-order valence-electron chi connectivity index (χ4n) is 1.85. The van der Waals surface area contributed by atoms with Gasteiger partial charge in [0.1, 0.15) is 5.69 Å². The minimum atomic E-state index is -3.41. The highest BCUT2D eigenvalue weighted by atomic mass is 32.2. The zero-order valence-electron chi connectivity index (χ0n) is 12.4. The first-order chi connectivity index (χ1) is 10.6. The van der Waals surface area contributed by atoms with Crippen LogP contribution in [-0.4, -0.2) is 36.3 Å². The van der Waals surface area contributed by atoms with Gasteiger partial charge in [-0.15, -0.1) is 5.10 Å². The number of aromatic nitrogens is 3. The van der Waals surface area contributed by atoms with E-state index < -0.39 is 10.1 Å². The van der Waals surface area contributed by atoms with Crippen LogP contribution < -0.4 is 0 Å². The van der Waals surface area contributed by atoms with Crippen molar-refractivity contribution >= 4 is 10.1 Å². The van der Waals surface area contributed by atoms with E-state index in [9.17, 15) is 8.42 Å². The zero-order chi connectivity index (χ0) is 15.8. The summed E-state index contributed by atoms with van der Waals surface area (Å²) in [7, 11) is -2.25. The van der Waals surface area contributed by atoms with Crippen LogP contribution in [0.25, 0.3) is 0 Å². The predicted molar refractivity (Wildman–Crippen MR) is 80.4 cm³/mol. The van der Waals surface area contributed by atoms with Crippen LogP contribution >= 0.6 is 0 Å². The molecule has 0 radical (unpaired) electrons. The second-order valence-corrected chi connectivity index (χ2v) is 6.59. The second kappa shape index (κ2) is 8.02. The number of hydrogen-bond acceptors (Lipinski definition) is 6. The molecule has 0 amide bonds. The topological polar surface area (TPSA) is 83.3 Å². The van der Waals surface area contributed by atoms with Gasteiger partial charge in [-0.3, -0.25) is 8.86 Å². The standard InChI is InChI=1S/C14H19N3O4S/c1-20-22(18,19)9-5-8-17-10-14(15-16-17)12-21-11-13-6-3-2-4-7-13/h2-4,6-7,10H,5,8-9,11-12H2,1H3. The van der Waals surface area contributed by atoms with Gasteiger partial charge in [-0.05, 0) is 12.0 Å². The fourth-order valence-corrected chi connectivity index (χ4v) is 2.50. The van der Waals surface area contributed by atoms with E-state index in [0.29, 0.717) is 31.9 Å². The Morgan fingerprint density at radius 1 is 1.18 bits per heavy atom. The van der Waals surface area contributed by atoms with Crippen molar-refractivity contribution in [3.8, 4) is 0 Å². The lowest BCUT2D eigenvalue weighted by Crippen LogP contribution is -2.11. The molecule has 2 rings (SSSR count). The minimum absolute atomic E-state index is 0.0385. The first kappa shape index (κ1) is 16.6. The first-order valence-electron chi connectivity index (χ1n) is 6.88. The summed E-state index contributed by atoms with van der Waals surface area (Å²) in [5.74, 6) is -0.0385. The number of ether oxygens (including phenoxy) is 1. The Bertz CT molecular complexity index is 670. The fraction of sp³-hybridized carbons (Fsp3) is 0.429. The van der Waals surface area contributed by atoms with E-state index in [1.165, 1.54) is 0 Å². The second-order valence-electron chi connectivity index (χ2n) is 4.73. The van der Waals surface area contributed by atoms with Crippen LogP contribution in [0.5, 0.6) is 0 Å². The van der Waals surface area contributed by atoms with E-state index in [2.05, 4.69) is 14.5 Å². The van der Waals surface area contributed by atoms with Gasteiger partial charge in [-0.2, -0.15) is 8.42 Å². The van der Waals surface area contributed by atoms with Crippen LogP contribution in [0.4, 0.5) is 0 Å². The number of benzene rings is 1. The Balaban J connectivity index is 1.72. The van der Waals surface area contributed by atoms with E-state index in [0.717, 1.165) is 12.7 Å². The molecule has 7 nitrogen and oxygen atoms in total. The lowest BCUT2D eigenvalue weighted by atomic mass is 10.2. The summed E-state index contributed by atoms with van der Waals surface area (Å²) >= 11 is 0. The molecule has 0 aliphatic heterocycles. The van der Waals surface area contributed by atoms with Crippen molar-refractivity contribution in [3.05, 3.63) is 47.8 Å². The van der Waals surface area contributed by atoms with Gasteiger partial charge in [-0.1, -0.05) is 35.5 Å². The monoisotopic (exact) mass is 325 g/mol. The van der Waals surface area contributed by atoms with E-state index in [4.69, 9.17) is 4.74 Å². The lowest BCUT2D eigenvalue weighted by Gasteiger charge is -2.02. The summed E-state index contributed by atoms with van der Waals surface area (Å²) in [5, 5.41) is 7.93. The maximum atomic E-state index is 11.2. The highest BCUT2D eigenvalue weighted by Crippen LogP contribution is 2.04. The Labute approximate surface area is 130 Å². The Morgan fingerprint density at radius 2 is 1.95 bits per heavy atom. The van der Waals surface area contributed by atoms with Crippen molar-refractivity contribution in [1.82, 2.24) is 15.0 Å². The van der Waals surface area contributed by atoms with Gasteiger partial charge < -0.3 is 4.74 Å². The molecule has 0 atom stereocenters. The van der Waals surface area contributed by atoms with Crippen LogP contribution in [0.15, 0.2) is 36.5 Å².